The van der Waals surface area contributed by atoms with Crippen molar-refractivity contribution in [3.8, 4) is 22.6 Å². The van der Waals surface area contributed by atoms with E-state index >= 15 is 0 Å². The molecule has 30 heteroatoms. The Hall–Kier alpha value is -16.1. The van der Waals surface area contributed by atoms with Crippen molar-refractivity contribution in [3.63, 3.8) is 0 Å². The van der Waals surface area contributed by atoms with E-state index in [1.54, 1.807) is 43.6 Å². The number of hydrogen-bond acceptors (Lipinski definition) is 27. The smallest absolute Gasteiger partial charge is 0.162 e. The molecule has 739 valence electrons. The largest absolute Gasteiger partial charge is 0.510 e. The Morgan fingerprint density at radius 1 is 0.295 bits per heavy atom. The SMILES string of the molecule is CN1C=CN(c2[c-]cccc2)[CH-]1.CN1C=CN(c2[c-]cccc2)[CH-]1.CN1C=CN(c2[c-]cccc2)[CH-]1.CN1[CH-]N(c2[c-]cccc2)c2cncnc21.CN1[CH-]N(c2[c-]cccc2)c2nccnc21.Cc1cccc(C)c1-c1ncnc2c1N(c1ccccc1)C1Cc3ccccc3N21.Cc1cnccc1-c1ncc2c(n1)N(C)C1Cc3ccccc3N21.[Ir].[Ir].[Ir].[c-]1ccccc1N1[CH-]N(c2ccccc2)c2nccnc21. The second-order valence-electron chi connectivity index (χ2n) is 34.4. The van der Waals surface area contributed by atoms with Crippen molar-refractivity contribution < 1.29 is 60.3 Å². The van der Waals surface area contributed by atoms with E-state index in [0.29, 0.717) is 6.17 Å². The Balaban J connectivity index is 0.000000116. The summed E-state index contributed by atoms with van der Waals surface area (Å²) in [4.78, 5) is 82.6. The Morgan fingerprint density at radius 3 is 1.24 bits per heavy atom. The second-order valence-corrected chi connectivity index (χ2v) is 34.4. The van der Waals surface area contributed by atoms with E-state index in [0.717, 1.165) is 133 Å². The fraction of sp³-hybridized carbons (Fsp3) is 0.112. The van der Waals surface area contributed by atoms with E-state index in [4.69, 9.17) is 15.0 Å². The van der Waals surface area contributed by atoms with Crippen molar-refractivity contribution in [3.05, 3.63) is 483 Å². The number of hydrogen-bond donors (Lipinski definition) is 0. The fourth-order valence-electron chi connectivity index (χ4n) is 18.1. The van der Waals surface area contributed by atoms with Crippen molar-refractivity contribution in [1.29, 1.82) is 0 Å². The van der Waals surface area contributed by atoms with Crippen LogP contribution < -0.4 is 63.7 Å². The predicted octanol–water partition coefficient (Wildman–Crippen LogP) is 22.4. The number of fused-ring (bicyclic) bond motifs is 13. The van der Waals surface area contributed by atoms with E-state index in [9.17, 15) is 0 Å². The van der Waals surface area contributed by atoms with Crippen LogP contribution in [-0.2, 0) is 73.2 Å². The number of aryl methyl sites for hydroxylation is 3. The van der Waals surface area contributed by atoms with E-state index in [1.165, 1.54) is 44.9 Å². The third kappa shape index (κ3) is 22.0. The van der Waals surface area contributed by atoms with Gasteiger partial charge in [0.15, 0.2) is 17.5 Å². The average Bonchev–Trinajstić information content (AvgIpc) is 1.57. The van der Waals surface area contributed by atoms with E-state index in [-0.39, 0.29) is 66.5 Å². The molecule has 6 aromatic heterocycles. The number of pyridine rings is 1. The number of rotatable bonds is 10. The number of aromatic nitrogens is 11. The molecule has 17 aromatic rings. The molecule has 0 saturated carbocycles. The van der Waals surface area contributed by atoms with Gasteiger partial charge in [-0.1, -0.05) is 91.0 Å². The van der Waals surface area contributed by atoms with Gasteiger partial charge < -0.3 is 78.4 Å². The summed E-state index contributed by atoms with van der Waals surface area (Å²) in [6, 6.07) is 113. The van der Waals surface area contributed by atoms with Crippen molar-refractivity contribution in [2.75, 3.05) is 106 Å². The van der Waals surface area contributed by atoms with Crippen molar-refractivity contribution in [2.24, 2.45) is 0 Å². The summed E-state index contributed by atoms with van der Waals surface area (Å²) in [5.41, 5.74) is 23.5. The van der Waals surface area contributed by atoms with Gasteiger partial charge in [-0.25, -0.2) is 49.8 Å². The van der Waals surface area contributed by atoms with Gasteiger partial charge >= 0.3 is 0 Å². The first-order chi connectivity index (χ1) is 70.2. The van der Waals surface area contributed by atoms with Gasteiger partial charge in [0.2, 0.25) is 0 Å². The monoisotopic (exact) mass is 2450 g/mol. The standard InChI is InChI=1S/C26H22N4.C19H17N5.C17H12N4.2C12H10N4.3C10H10N2.3Ir/c1-17-9-8-10-18(2)23(17)24-25-26(28-16-27-24)30-21-14-7-6-11-19(21)15-22(30)29(25)20-12-4-3-5-13-20;1-12-10-20-8-7-14(12)18-21-11-16-19(22-18)23(2)17-9-13-5-3-4-6-15(13)24(16)17;1-3-7-14(8-4-1)20-13-21(15-9-5-2-6-10-15)17-16(20)18-11-12-19-17;1-15-9-16(10-5-3-2-4-6-10)11-7-13-8-14-12(11)15;1-15-9-16(10-5-3-2-4-6-10)12-11(15)13-7-8-14-12;3*1-11-7-8-12(9-11)10-5-3-2-4-6-10;;;/h3-14,16,22H,15H2,1-2H3;3-8,10-11,17H,9H2,1-2H3;1-9,11-13H;2*2-5,7-9H,1H3;3*2-5,7-9H,1H3;;;/q;;6*-2;;;. The summed E-state index contributed by atoms with van der Waals surface area (Å²) in [6.07, 6.45) is 31.9. The van der Waals surface area contributed by atoms with Gasteiger partial charge in [-0.2, -0.15) is 209 Å². The molecule has 0 bridgehead atoms. The normalized spacial score (nSPS) is 15.2. The summed E-state index contributed by atoms with van der Waals surface area (Å²) in [6.45, 7) is 18.3. The van der Waals surface area contributed by atoms with Crippen LogP contribution in [0.4, 0.5) is 115 Å². The predicted molar refractivity (Wildman–Crippen MR) is 570 cm³/mol. The van der Waals surface area contributed by atoms with Crippen molar-refractivity contribution in [2.45, 2.75) is 45.9 Å². The molecule has 0 amide bonds. The summed E-state index contributed by atoms with van der Waals surface area (Å²) >= 11 is 0. The summed E-state index contributed by atoms with van der Waals surface area (Å²) < 4.78 is 0. The molecule has 27 rings (SSSR count). The molecule has 2 unspecified atom stereocenters. The zero-order valence-corrected chi connectivity index (χ0v) is 88.6. The van der Waals surface area contributed by atoms with Crippen molar-refractivity contribution in [1.82, 2.24) is 69.5 Å². The molecule has 11 aromatic carbocycles. The third-order valence-electron chi connectivity index (χ3n) is 24.8. The van der Waals surface area contributed by atoms with E-state index in [1.807, 2.05) is 379 Å². The van der Waals surface area contributed by atoms with Crippen LogP contribution in [0.1, 0.15) is 27.8 Å². The van der Waals surface area contributed by atoms with Gasteiger partial charge in [-0.05, 0) is 163 Å². The van der Waals surface area contributed by atoms with Crippen LogP contribution in [0.5, 0.6) is 0 Å². The molecule has 2 atom stereocenters. The minimum Gasteiger partial charge on any atom is -0.510 e. The molecule has 0 N–H and O–H groups in total. The van der Waals surface area contributed by atoms with Crippen LogP contribution in [0.15, 0.2) is 378 Å². The topological polar surface area (TPSA) is 194 Å². The van der Waals surface area contributed by atoms with Gasteiger partial charge in [-0.3, -0.25) is 4.98 Å². The van der Waals surface area contributed by atoms with Gasteiger partial charge in [0.25, 0.3) is 0 Å². The summed E-state index contributed by atoms with van der Waals surface area (Å²) in [5, 5.41) is 0. The molecule has 146 heavy (non-hydrogen) atoms. The Labute approximate surface area is 894 Å². The number of likely N-dealkylation sites (N-methyl/N-ethyl adjacent to an activating group) is 1. The Morgan fingerprint density at radius 2 is 0.733 bits per heavy atom. The van der Waals surface area contributed by atoms with Crippen LogP contribution in [-0.4, -0.2) is 124 Å². The molecule has 10 aliphatic heterocycles. The maximum Gasteiger partial charge on any atom is 0.162 e. The summed E-state index contributed by atoms with van der Waals surface area (Å²) in [7, 11) is 12.0. The van der Waals surface area contributed by atoms with Gasteiger partial charge in [-0.15, -0.1) is 47.5 Å². The fourth-order valence-corrected chi connectivity index (χ4v) is 18.1. The average molecular weight is 2450 g/mol. The molecule has 10 aliphatic rings. The third-order valence-corrected chi connectivity index (χ3v) is 24.8. The molecule has 3 radical (unpaired) electrons. The number of anilines is 20. The van der Waals surface area contributed by atoms with Gasteiger partial charge in [0.1, 0.15) is 71.1 Å². The maximum absolute atomic E-state index is 4.87. The Kier molecular flexibility index (Phi) is 32.6. The molecule has 27 nitrogen and oxygen atoms in total. The molecular formula is C116H101Ir3N27-12. The van der Waals surface area contributed by atoms with Crippen LogP contribution in [0.3, 0.4) is 0 Å². The quantitative estimate of drug-likeness (QED) is 0.117. The minimum atomic E-state index is 0. The molecular weight excluding hydrogens is 2350 g/mol. The van der Waals surface area contributed by atoms with Crippen LogP contribution in [0.2, 0.25) is 0 Å². The molecule has 0 spiro atoms. The van der Waals surface area contributed by atoms with Crippen LogP contribution >= 0.6 is 0 Å². The molecule has 16 heterocycles. The first kappa shape index (κ1) is 101. The second kappa shape index (κ2) is 47.0. The van der Waals surface area contributed by atoms with Crippen molar-refractivity contribution >= 4 is 115 Å². The zero-order chi connectivity index (χ0) is 97.7. The molecule has 0 aliphatic carbocycles. The van der Waals surface area contributed by atoms with Gasteiger partial charge in [0, 0.05) is 151 Å². The zero-order valence-electron chi connectivity index (χ0n) is 81.4. The molecule has 0 saturated heterocycles. The number of nitrogens with zero attached hydrogens (tertiary/aromatic N) is 27. The van der Waals surface area contributed by atoms with Crippen LogP contribution in [0.25, 0.3) is 22.6 Å². The minimum absolute atomic E-state index is 0. The first-order valence-electron chi connectivity index (χ1n) is 46.8. The Bertz CT molecular complexity index is 6960. The molecule has 0 fully saturated rings. The maximum atomic E-state index is 4.87. The first-order valence-corrected chi connectivity index (χ1v) is 46.8. The summed E-state index contributed by atoms with van der Waals surface area (Å²) in [5.74, 6) is 6.98. The number of benzene rings is 11. The van der Waals surface area contributed by atoms with Crippen LogP contribution in [0, 0.1) is 97.2 Å². The van der Waals surface area contributed by atoms with Gasteiger partial charge in [0.05, 0.1) is 18.1 Å². The van der Waals surface area contributed by atoms with E-state index < -0.39 is 0 Å². The number of para-hydroxylation sites is 10. The van der Waals surface area contributed by atoms with E-state index in [2.05, 4.69) is 214 Å².